The lowest BCUT2D eigenvalue weighted by molar-refractivity contribution is -0.141. The van der Waals surface area contributed by atoms with Crippen LogP contribution in [-0.2, 0) is 9.59 Å². The van der Waals surface area contributed by atoms with E-state index < -0.39 is 11.9 Å². The SMILES string of the molecule is CC.CC.CCCCCCCCCCCN1CC(C(=O)O)CC1=O. The van der Waals surface area contributed by atoms with Gasteiger partial charge < -0.3 is 10.0 Å². The lowest BCUT2D eigenvalue weighted by Gasteiger charge is -2.15. The summed E-state index contributed by atoms with van der Waals surface area (Å²) >= 11 is 0. The van der Waals surface area contributed by atoms with Crippen molar-refractivity contribution in [2.75, 3.05) is 13.1 Å². The minimum Gasteiger partial charge on any atom is -0.481 e. The molecule has 1 amide bonds. The molecule has 0 aromatic rings. The van der Waals surface area contributed by atoms with Gasteiger partial charge >= 0.3 is 5.97 Å². The number of likely N-dealkylation sites (tertiary alicyclic amines) is 1. The van der Waals surface area contributed by atoms with Crippen molar-refractivity contribution < 1.29 is 14.7 Å². The van der Waals surface area contributed by atoms with E-state index in [-0.39, 0.29) is 12.3 Å². The van der Waals surface area contributed by atoms with Crippen molar-refractivity contribution >= 4 is 11.9 Å². The third-order valence-corrected chi connectivity index (χ3v) is 4.10. The number of hydrogen-bond donors (Lipinski definition) is 1. The van der Waals surface area contributed by atoms with E-state index in [9.17, 15) is 9.59 Å². The van der Waals surface area contributed by atoms with Gasteiger partial charge in [-0.3, -0.25) is 9.59 Å². The maximum absolute atomic E-state index is 11.6. The van der Waals surface area contributed by atoms with E-state index in [0.717, 1.165) is 19.4 Å². The third-order valence-electron chi connectivity index (χ3n) is 4.10. The van der Waals surface area contributed by atoms with Crippen LogP contribution in [0.25, 0.3) is 0 Å². The molecule has 4 nitrogen and oxygen atoms in total. The standard InChI is InChI=1S/C16H29NO3.2C2H6/c1-2-3-4-5-6-7-8-9-10-11-17-13-14(16(19)20)12-15(17)18;2*1-2/h14H,2-13H2,1H3,(H,19,20);2*1-2H3. The summed E-state index contributed by atoms with van der Waals surface area (Å²) in [5.41, 5.74) is 0. The van der Waals surface area contributed by atoms with Gasteiger partial charge in [0, 0.05) is 19.5 Å². The quantitative estimate of drug-likeness (QED) is 0.504. The highest BCUT2D eigenvalue weighted by Crippen LogP contribution is 2.19. The van der Waals surface area contributed by atoms with Gasteiger partial charge in [-0.2, -0.15) is 0 Å². The zero-order valence-corrected chi connectivity index (χ0v) is 16.8. The predicted molar refractivity (Wildman–Crippen MR) is 102 cm³/mol. The Morgan fingerprint density at radius 1 is 0.958 bits per heavy atom. The Bertz CT molecular complexity index is 305. The van der Waals surface area contributed by atoms with E-state index in [1.54, 1.807) is 4.90 Å². The molecule has 1 heterocycles. The van der Waals surface area contributed by atoms with Gasteiger partial charge in [-0.1, -0.05) is 86.0 Å². The van der Waals surface area contributed by atoms with E-state index in [4.69, 9.17) is 5.11 Å². The summed E-state index contributed by atoms with van der Waals surface area (Å²) in [6.07, 6.45) is 11.5. The van der Waals surface area contributed by atoms with E-state index in [1.807, 2.05) is 27.7 Å². The number of carboxylic acids is 1. The van der Waals surface area contributed by atoms with Gasteiger partial charge in [0.2, 0.25) is 5.91 Å². The van der Waals surface area contributed by atoms with Crippen molar-refractivity contribution in [1.29, 1.82) is 0 Å². The number of aliphatic carboxylic acids is 1. The van der Waals surface area contributed by atoms with E-state index >= 15 is 0 Å². The second-order valence-corrected chi connectivity index (χ2v) is 5.91. The first kappa shape index (κ1) is 25.2. The zero-order chi connectivity index (χ0) is 18.8. The number of nitrogens with zero attached hydrogens (tertiary/aromatic N) is 1. The Labute approximate surface area is 150 Å². The fourth-order valence-electron chi connectivity index (χ4n) is 2.77. The molecule has 1 saturated heterocycles. The molecule has 1 N–H and O–H groups in total. The fourth-order valence-corrected chi connectivity index (χ4v) is 2.77. The molecule has 1 atom stereocenters. The maximum Gasteiger partial charge on any atom is 0.308 e. The Kier molecular flexibility index (Phi) is 19.2. The molecule has 1 fully saturated rings. The molecule has 0 radical (unpaired) electrons. The number of carboxylic acid groups (broad SMARTS) is 1. The van der Waals surface area contributed by atoms with E-state index in [0.29, 0.717) is 6.54 Å². The lowest BCUT2D eigenvalue weighted by Crippen LogP contribution is -2.27. The predicted octanol–water partition coefficient (Wildman–Crippen LogP) is 5.50. The van der Waals surface area contributed by atoms with Gasteiger partial charge in [0.05, 0.1) is 5.92 Å². The molecule has 24 heavy (non-hydrogen) atoms. The van der Waals surface area contributed by atoms with Crippen LogP contribution < -0.4 is 0 Å². The first-order chi connectivity index (χ1) is 11.6. The second-order valence-electron chi connectivity index (χ2n) is 5.91. The van der Waals surface area contributed by atoms with Crippen LogP contribution in [0.1, 0.15) is 98.8 Å². The molecule has 0 saturated carbocycles. The van der Waals surface area contributed by atoms with Crippen LogP contribution in [0.4, 0.5) is 0 Å². The number of hydrogen-bond acceptors (Lipinski definition) is 2. The third kappa shape index (κ3) is 12.4. The van der Waals surface area contributed by atoms with Crippen molar-refractivity contribution in [3.63, 3.8) is 0 Å². The molecular weight excluding hydrogens is 302 g/mol. The molecule has 0 bridgehead atoms. The van der Waals surface area contributed by atoms with Crippen LogP contribution in [0.2, 0.25) is 0 Å². The smallest absolute Gasteiger partial charge is 0.308 e. The Hall–Kier alpha value is -1.06. The monoisotopic (exact) mass is 343 g/mol. The van der Waals surface area contributed by atoms with Crippen LogP contribution >= 0.6 is 0 Å². The molecule has 1 rings (SSSR count). The van der Waals surface area contributed by atoms with Gasteiger partial charge in [0.25, 0.3) is 0 Å². The highest BCUT2D eigenvalue weighted by Gasteiger charge is 2.33. The van der Waals surface area contributed by atoms with E-state index in [2.05, 4.69) is 6.92 Å². The van der Waals surface area contributed by atoms with E-state index in [1.165, 1.54) is 44.9 Å². The van der Waals surface area contributed by atoms with Crippen molar-refractivity contribution in [2.45, 2.75) is 98.8 Å². The maximum atomic E-state index is 11.6. The van der Waals surface area contributed by atoms with Gasteiger partial charge in [0.15, 0.2) is 0 Å². The summed E-state index contributed by atoms with van der Waals surface area (Å²) in [6.45, 7) is 11.4. The summed E-state index contributed by atoms with van der Waals surface area (Å²) in [4.78, 5) is 24.2. The Balaban J connectivity index is 0. The number of rotatable bonds is 11. The molecule has 0 aromatic heterocycles. The zero-order valence-electron chi connectivity index (χ0n) is 16.8. The van der Waals surface area contributed by atoms with Crippen molar-refractivity contribution in [1.82, 2.24) is 4.90 Å². The lowest BCUT2D eigenvalue weighted by atomic mass is 10.1. The van der Waals surface area contributed by atoms with Gasteiger partial charge in [-0.25, -0.2) is 0 Å². The first-order valence-corrected chi connectivity index (χ1v) is 10.2. The Morgan fingerprint density at radius 3 is 1.83 bits per heavy atom. The summed E-state index contributed by atoms with van der Waals surface area (Å²) in [6, 6.07) is 0. The first-order valence-electron chi connectivity index (χ1n) is 10.2. The molecule has 144 valence electrons. The average molecular weight is 344 g/mol. The fraction of sp³-hybridized carbons (Fsp3) is 0.900. The number of unbranched alkanes of at least 4 members (excludes halogenated alkanes) is 8. The topological polar surface area (TPSA) is 57.6 Å². The van der Waals surface area contributed by atoms with Crippen LogP contribution in [0, 0.1) is 5.92 Å². The average Bonchev–Trinajstić information content (AvgIpc) is 2.98. The number of amides is 1. The second kappa shape index (κ2) is 18.3. The van der Waals surface area contributed by atoms with Crippen molar-refractivity contribution in [2.24, 2.45) is 5.92 Å². The van der Waals surface area contributed by atoms with Crippen LogP contribution in [-0.4, -0.2) is 35.0 Å². The Morgan fingerprint density at radius 2 is 1.42 bits per heavy atom. The molecule has 0 aromatic carbocycles. The highest BCUT2D eigenvalue weighted by atomic mass is 16.4. The van der Waals surface area contributed by atoms with Crippen LogP contribution in [0.3, 0.4) is 0 Å². The molecule has 1 unspecified atom stereocenters. The summed E-state index contributed by atoms with van der Waals surface area (Å²) in [5, 5.41) is 8.90. The normalized spacial score (nSPS) is 16.1. The minimum atomic E-state index is -0.840. The highest BCUT2D eigenvalue weighted by molar-refractivity contribution is 5.86. The largest absolute Gasteiger partial charge is 0.481 e. The summed E-state index contributed by atoms with van der Waals surface area (Å²) in [5.74, 6) is -1.31. The molecule has 0 aliphatic carbocycles. The van der Waals surface area contributed by atoms with Crippen LogP contribution in [0.5, 0.6) is 0 Å². The molecule has 1 aliphatic rings. The molecule has 0 spiro atoms. The van der Waals surface area contributed by atoms with Crippen LogP contribution in [0.15, 0.2) is 0 Å². The molecular formula is C20H41NO3. The molecule has 1 aliphatic heterocycles. The number of carbonyl (C=O) groups excluding carboxylic acids is 1. The van der Waals surface area contributed by atoms with Gasteiger partial charge in [-0.15, -0.1) is 0 Å². The summed E-state index contributed by atoms with van der Waals surface area (Å²) < 4.78 is 0. The summed E-state index contributed by atoms with van der Waals surface area (Å²) in [7, 11) is 0. The van der Waals surface area contributed by atoms with Gasteiger partial charge in [-0.05, 0) is 6.42 Å². The molecule has 4 heteroatoms. The van der Waals surface area contributed by atoms with Crippen molar-refractivity contribution in [3.05, 3.63) is 0 Å². The van der Waals surface area contributed by atoms with Gasteiger partial charge in [0.1, 0.15) is 0 Å². The number of carbonyl (C=O) groups is 2. The van der Waals surface area contributed by atoms with Crippen molar-refractivity contribution in [3.8, 4) is 0 Å². The minimum absolute atomic E-state index is 0.0111.